The van der Waals surface area contributed by atoms with Crippen molar-refractivity contribution in [3.8, 4) is 0 Å². The highest BCUT2D eigenvalue weighted by Gasteiger charge is 2.67. The summed E-state index contributed by atoms with van der Waals surface area (Å²) in [4.78, 5) is 25.0. The van der Waals surface area contributed by atoms with Gasteiger partial charge in [-0.15, -0.1) is 0 Å². The molecule has 2 bridgehead atoms. The van der Waals surface area contributed by atoms with Gasteiger partial charge < -0.3 is 10.1 Å². The number of hydrogen-bond donors (Lipinski definition) is 1. The highest BCUT2D eigenvalue weighted by molar-refractivity contribution is 9.09. The Morgan fingerprint density at radius 2 is 2.09 bits per heavy atom. The monoisotopic (exact) mass is 363 g/mol. The number of esters is 1. The van der Waals surface area contributed by atoms with Gasteiger partial charge in [0.2, 0.25) is 5.91 Å². The van der Waals surface area contributed by atoms with Crippen LogP contribution in [-0.2, 0) is 14.3 Å². The summed E-state index contributed by atoms with van der Waals surface area (Å²) in [6, 6.07) is 5.87. The maximum Gasteiger partial charge on any atom is 0.310 e. The number of rotatable bonds is 2. The minimum absolute atomic E-state index is 0.0349. The first-order valence-electron chi connectivity index (χ1n) is 7.70. The zero-order valence-corrected chi connectivity index (χ0v) is 14.1. The van der Waals surface area contributed by atoms with E-state index in [0.29, 0.717) is 0 Å². The number of nitrogens with one attached hydrogen (secondary N) is 1. The molecule has 1 aromatic carbocycles. The van der Waals surface area contributed by atoms with Gasteiger partial charge >= 0.3 is 5.97 Å². The summed E-state index contributed by atoms with van der Waals surface area (Å²) in [5, 5.41) is 3.03. The summed E-state index contributed by atoms with van der Waals surface area (Å²) >= 11 is 3.64. The fourth-order valence-electron chi connectivity index (χ4n) is 4.43. The predicted octanol–water partition coefficient (Wildman–Crippen LogP) is 2.81. The van der Waals surface area contributed by atoms with Gasteiger partial charge in [0.25, 0.3) is 0 Å². The topological polar surface area (TPSA) is 55.4 Å². The largest absolute Gasteiger partial charge is 0.461 e. The third-order valence-corrected chi connectivity index (χ3v) is 6.89. The number of amides is 1. The van der Waals surface area contributed by atoms with Crippen molar-refractivity contribution in [3.63, 3.8) is 0 Å². The molecule has 3 fully saturated rings. The lowest BCUT2D eigenvalue weighted by Gasteiger charge is -2.27. The average Bonchev–Trinajstić information content (AvgIpc) is 3.08. The molecule has 4 rings (SSSR count). The summed E-state index contributed by atoms with van der Waals surface area (Å²) in [5.74, 6) is -0.379. The zero-order chi connectivity index (χ0) is 15.6. The molecular formula is C17H18BrNO3. The minimum atomic E-state index is -0.277. The maximum absolute atomic E-state index is 12.8. The molecule has 2 aliphatic carbocycles. The standard InChI is InChI=1S/C17H18BrNO3/c1-7-4-3-5-11(8(7)2)19-16(20)12-9-6-10-13(12)17(21)22-15(10)14(9)18/h3-5,9-10,12-15H,6H2,1-2H3,(H,19,20)/t9-,10-,12-,13+,14-,15+/m1/s1. The van der Waals surface area contributed by atoms with Crippen molar-refractivity contribution in [2.45, 2.75) is 31.2 Å². The molecule has 1 amide bonds. The van der Waals surface area contributed by atoms with Crippen LogP contribution in [0.4, 0.5) is 5.69 Å². The molecular weight excluding hydrogens is 346 g/mol. The lowest BCUT2D eigenvalue weighted by atomic mass is 9.79. The van der Waals surface area contributed by atoms with E-state index in [1.807, 2.05) is 32.0 Å². The molecule has 6 atom stereocenters. The number of aryl methyl sites for hydroxylation is 1. The second kappa shape index (κ2) is 4.82. The third-order valence-electron chi connectivity index (χ3n) is 5.69. The van der Waals surface area contributed by atoms with Crippen LogP contribution < -0.4 is 5.32 Å². The lowest BCUT2D eigenvalue weighted by Crippen LogP contribution is -2.40. The average molecular weight is 364 g/mol. The number of halogens is 1. The molecule has 1 aromatic rings. The van der Waals surface area contributed by atoms with Gasteiger partial charge in [-0.2, -0.15) is 0 Å². The normalized spacial score (nSPS) is 38.2. The molecule has 116 valence electrons. The van der Waals surface area contributed by atoms with Crippen molar-refractivity contribution in [1.82, 2.24) is 0 Å². The van der Waals surface area contributed by atoms with E-state index in [-0.39, 0.29) is 46.5 Å². The lowest BCUT2D eigenvalue weighted by molar-refractivity contribution is -0.145. The van der Waals surface area contributed by atoms with Crippen LogP contribution >= 0.6 is 15.9 Å². The number of ether oxygens (including phenoxy) is 1. The van der Waals surface area contributed by atoms with E-state index in [2.05, 4.69) is 21.2 Å². The molecule has 4 nitrogen and oxygen atoms in total. The SMILES string of the molecule is Cc1cccc(NC(=O)[C@@H]2[C@H]3C[C@H]4[C@H](OC(=O)[C@@H]42)[C@@H]3Br)c1C. The summed E-state index contributed by atoms with van der Waals surface area (Å²) in [5.41, 5.74) is 3.05. The summed E-state index contributed by atoms with van der Waals surface area (Å²) in [7, 11) is 0. The summed E-state index contributed by atoms with van der Waals surface area (Å²) in [6.07, 6.45) is 0.870. The Kier molecular flexibility index (Phi) is 3.12. The van der Waals surface area contributed by atoms with Crippen LogP contribution in [0.2, 0.25) is 0 Å². The van der Waals surface area contributed by atoms with E-state index in [9.17, 15) is 9.59 Å². The second-order valence-corrected chi connectivity index (χ2v) is 7.75. The van der Waals surface area contributed by atoms with Crippen LogP contribution in [0.5, 0.6) is 0 Å². The van der Waals surface area contributed by atoms with Crippen molar-refractivity contribution in [2.75, 3.05) is 5.32 Å². The highest BCUT2D eigenvalue weighted by atomic mass is 79.9. The van der Waals surface area contributed by atoms with Gasteiger partial charge in [-0.05, 0) is 43.4 Å². The Morgan fingerprint density at radius 3 is 2.86 bits per heavy atom. The first kappa shape index (κ1) is 14.2. The van der Waals surface area contributed by atoms with Crippen LogP contribution in [-0.4, -0.2) is 22.8 Å². The second-order valence-electron chi connectivity index (χ2n) is 6.70. The quantitative estimate of drug-likeness (QED) is 0.649. The van der Waals surface area contributed by atoms with E-state index in [1.54, 1.807) is 0 Å². The van der Waals surface area contributed by atoms with Crippen molar-refractivity contribution in [2.24, 2.45) is 23.7 Å². The number of benzene rings is 1. The smallest absolute Gasteiger partial charge is 0.310 e. The first-order chi connectivity index (χ1) is 10.5. The zero-order valence-electron chi connectivity index (χ0n) is 12.5. The fourth-order valence-corrected chi connectivity index (χ4v) is 5.48. The van der Waals surface area contributed by atoms with Gasteiger partial charge in [0.15, 0.2) is 0 Å². The predicted molar refractivity (Wildman–Crippen MR) is 85.7 cm³/mol. The Hall–Kier alpha value is -1.36. The Labute approximate surface area is 137 Å². The van der Waals surface area contributed by atoms with Crippen LogP contribution in [0, 0.1) is 37.5 Å². The first-order valence-corrected chi connectivity index (χ1v) is 8.62. The molecule has 3 aliphatic rings. The van der Waals surface area contributed by atoms with Crippen LogP contribution in [0.3, 0.4) is 0 Å². The molecule has 2 saturated carbocycles. The van der Waals surface area contributed by atoms with Crippen LogP contribution in [0.25, 0.3) is 0 Å². The van der Waals surface area contributed by atoms with E-state index < -0.39 is 0 Å². The molecule has 1 aliphatic heterocycles. The molecule has 1 heterocycles. The number of anilines is 1. The third kappa shape index (κ3) is 1.81. The van der Waals surface area contributed by atoms with Crippen molar-refractivity contribution in [1.29, 1.82) is 0 Å². The van der Waals surface area contributed by atoms with Gasteiger partial charge in [0.1, 0.15) is 6.10 Å². The number of hydrogen-bond acceptors (Lipinski definition) is 3. The van der Waals surface area contributed by atoms with E-state index in [0.717, 1.165) is 23.2 Å². The Balaban J connectivity index is 1.61. The molecule has 0 unspecified atom stereocenters. The van der Waals surface area contributed by atoms with Crippen molar-refractivity contribution in [3.05, 3.63) is 29.3 Å². The number of carbonyl (C=O) groups is 2. The maximum atomic E-state index is 12.8. The molecule has 22 heavy (non-hydrogen) atoms. The van der Waals surface area contributed by atoms with Crippen molar-refractivity contribution < 1.29 is 14.3 Å². The van der Waals surface area contributed by atoms with Crippen LogP contribution in [0.1, 0.15) is 17.5 Å². The Morgan fingerprint density at radius 1 is 1.32 bits per heavy atom. The number of fused-ring (bicyclic) bond motifs is 1. The number of alkyl halides is 1. The highest BCUT2D eigenvalue weighted by Crippen LogP contribution is 2.60. The van der Waals surface area contributed by atoms with E-state index in [1.165, 1.54) is 0 Å². The minimum Gasteiger partial charge on any atom is -0.461 e. The van der Waals surface area contributed by atoms with Crippen LogP contribution in [0.15, 0.2) is 18.2 Å². The molecule has 1 N–H and O–H groups in total. The summed E-state index contributed by atoms with van der Waals surface area (Å²) in [6.45, 7) is 4.02. The van der Waals surface area contributed by atoms with E-state index >= 15 is 0 Å². The molecule has 0 aromatic heterocycles. The molecule has 0 radical (unpaired) electrons. The molecule has 5 heteroatoms. The van der Waals surface area contributed by atoms with Gasteiger partial charge in [-0.25, -0.2) is 0 Å². The van der Waals surface area contributed by atoms with Gasteiger partial charge in [0.05, 0.1) is 16.7 Å². The molecule has 1 saturated heterocycles. The summed E-state index contributed by atoms with van der Waals surface area (Å²) < 4.78 is 5.46. The fraction of sp³-hybridized carbons (Fsp3) is 0.529. The Bertz CT molecular complexity index is 674. The van der Waals surface area contributed by atoms with Gasteiger partial charge in [0, 0.05) is 11.6 Å². The van der Waals surface area contributed by atoms with Crippen molar-refractivity contribution >= 4 is 33.5 Å². The van der Waals surface area contributed by atoms with Gasteiger partial charge in [-0.1, -0.05) is 28.1 Å². The molecule has 0 spiro atoms. The van der Waals surface area contributed by atoms with Gasteiger partial charge in [-0.3, -0.25) is 9.59 Å². The number of carbonyl (C=O) groups excluding carboxylic acids is 2. The van der Waals surface area contributed by atoms with E-state index in [4.69, 9.17) is 4.74 Å².